The molecule has 2 saturated heterocycles. The molecule has 2 fully saturated rings. The molecule has 0 spiro atoms. The third-order valence-corrected chi connectivity index (χ3v) is 3.27. The summed E-state index contributed by atoms with van der Waals surface area (Å²) in [5, 5.41) is 13.0. The monoisotopic (exact) mass is 242 g/mol. The molecule has 0 aliphatic carbocycles. The molecule has 2 amide bonds. The second kappa shape index (κ2) is 5.01. The molecule has 96 valence electrons. The molecule has 3 atom stereocenters. The van der Waals surface area contributed by atoms with Crippen molar-refractivity contribution in [2.75, 3.05) is 6.54 Å². The first-order chi connectivity index (χ1) is 8.15. The summed E-state index contributed by atoms with van der Waals surface area (Å²) >= 11 is 0. The Morgan fingerprint density at radius 1 is 1.59 bits per heavy atom. The molecule has 6 nitrogen and oxygen atoms in total. The van der Waals surface area contributed by atoms with E-state index in [9.17, 15) is 14.8 Å². The number of fused-ring (bicyclic) bond motifs is 2. The lowest BCUT2D eigenvalue weighted by atomic mass is 10.1. The SMILES string of the molecule is CCCCNC(=O)C1C2CCC(O2)C(=O)N1O. The number of amides is 2. The predicted octanol–water partition coefficient (Wildman–Crippen LogP) is 0.0503. The maximum Gasteiger partial charge on any atom is 0.275 e. The fourth-order valence-electron chi connectivity index (χ4n) is 2.29. The fraction of sp³-hybridized carbons (Fsp3) is 0.818. The standard InChI is InChI=1S/C11H18N2O4/c1-2-3-6-12-10(14)9-7-4-5-8(17-7)11(15)13(9)16/h7-9,16H,2-6H2,1H3,(H,12,14). The number of hydroxylamine groups is 2. The van der Waals surface area contributed by atoms with Crippen molar-refractivity contribution in [2.24, 2.45) is 0 Å². The molecule has 0 radical (unpaired) electrons. The van der Waals surface area contributed by atoms with Crippen LogP contribution in [0.4, 0.5) is 0 Å². The Morgan fingerprint density at radius 2 is 2.35 bits per heavy atom. The van der Waals surface area contributed by atoms with E-state index < -0.39 is 18.1 Å². The second-order valence-corrected chi connectivity index (χ2v) is 4.51. The van der Waals surface area contributed by atoms with Crippen molar-refractivity contribution in [3.8, 4) is 0 Å². The van der Waals surface area contributed by atoms with Gasteiger partial charge in [0, 0.05) is 6.54 Å². The zero-order valence-electron chi connectivity index (χ0n) is 9.89. The zero-order valence-corrected chi connectivity index (χ0v) is 9.89. The molecule has 2 rings (SSSR count). The summed E-state index contributed by atoms with van der Waals surface area (Å²) in [6.07, 6.45) is 2.15. The first kappa shape index (κ1) is 12.3. The maximum absolute atomic E-state index is 11.9. The summed E-state index contributed by atoms with van der Waals surface area (Å²) in [7, 11) is 0. The smallest absolute Gasteiger partial charge is 0.275 e. The van der Waals surface area contributed by atoms with Gasteiger partial charge in [-0.1, -0.05) is 13.3 Å². The van der Waals surface area contributed by atoms with Crippen molar-refractivity contribution < 1.29 is 19.5 Å². The average molecular weight is 242 g/mol. The number of morpholine rings is 1. The first-order valence-electron chi connectivity index (χ1n) is 6.10. The van der Waals surface area contributed by atoms with Crippen LogP contribution in [0.2, 0.25) is 0 Å². The Bertz CT molecular complexity index is 321. The quantitative estimate of drug-likeness (QED) is 0.539. The van der Waals surface area contributed by atoms with Crippen LogP contribution in [-0.4, -0.2) is 46.9 Å². The van der Waals surface area contributed by atoms with Crippen LogP contribution in [0.25, 0.3) is 0 Å². The van der Waals surface area contributed by atoms with Gasteiger partial charge in [-0.05, 0) is 19.3 Å². The fourth-order valence-corrected chi connectivity index (χ4v) is 2.29. The molecule has 2 bridgehead atoms. The van der Waals surface area contributed by atoms with Gasteiger partial charge in [0.25, 0.3) is 5.91 Å². The molecule has 0 aromatic heterocycles. The van der Waals surface area contributed by atoms with Crippen LogP contribution in [0.3, 0.4) is 0 Å². The van der Waals surface area contributed by atoms with Gasteiger partial charge in [-0.2, -0.15) is 0 Å². The van der Waals surface area contributed by atoms with E-state index in [4.69, 9.17) is 4.74 Å². The number of nitrogens with one attached hydrogen (secondary N) is 1. The van der Waals surface area contributed by atoms with E-state index >= 15 is 0 Å². The third-order valence-electron chi connectivity index (χ3n) is 3.27. The summed E-state index contributed by atoms with van der Waals surface area (Å²) in [5.41, 5.74) is 0. The van der Waals surface area contributed by atoms with Crippen LogP contribution in [0.1, 0.15) is 32.6 Å². The predicted molar refractivity (Wildman–Crippen MR) is 58.2 cm³/mol. The molecule has 2 aliphatic heterocycles. The van der Waals surface area contributed by atoms with Crippen molar-refractivity contribution in [2.45, 2.75) is 50.9 Å². The van der Waals surface area contributed by atoms with Gasteiger partial charge in [0.15, 0.2) is 6.04 Å². The number of carbonyl (C=O) groups excluding carboxylic acids is 2. The van der Waals surface area contributed by atoms with Crippen LogP contribution >= 0.6 is 0 Å². The number of hydrogen-bond donors (Lipinski definition) is 2. The number of rotatable bonds is 4. The molecule has 6 heteroatoms. The second-order valence-electron chi connectivity index (χ2n) is 4.51. The summed E-state index contributed by atoms with van der Waals surface area (Å²) in [6.45, 7) is 2.59. The van der Waals surface area contributed by atoms with Crippen LogP contribution in [0.15, 0.2) is 0 Å². The summed E-state index contributed by atoms with van der Waals surface area (Å²) in [5.74, 6) is -0.839. The number of hydrogen-bond acceptors (Lipinski definition) is 4. The number of ether oxygens (including phenoxy) is 1. The molecule has 17 heavy (non-hydrogen) atoms. The molecular weight excluding hydrogens is 224 g/mol. The van der Waals surface area contributed by atoms with Gasteiger partial charge in [0.05, 0.1) is 6.10 Å². The van der Waals surface area contributed by atoms with Crippen LogP contribution in [0.5, 0.6) is 0 Å². The normalized spacial score (nSPS) is 31.8. The minimum atomic E-state index is -0.891. The molecule has 2 heterocycles. The highest BCUT2D eigenvalue weighted by Crippen LogP contribution is 2.31. The molecule has 0 aromatic carbocycles. The van der Waals surface area contributed by atoms with Gasteiger partial charge < -0.3 is 10.1 Å². The van der Waals surface area contributed by atoms with E-state index in [0.29, 0.717) is 24.4 Å². The molecule has 0 saturated carbocycles. The minimum absolute atomic E-state index is 0.334. The van der Waals surface area contributed by atoms with Crippen molar-refractivity contribution in [3.05, 3.63) is 0 Å². The molecule has 2 N–H and O–H groups in total. The van der Waals surface area contributed by atoms with Gasteiger partial charge in [-0.25, -0.2) is 5.06 Å². The average Bonchev–Trinajstić information content (AvgIpc) is 2.73. The lowest BCUT2D eigenvalue weighted by Crippen LogP contribution is -2.59. The largest absolute Gasteiger partial charge is 0.362 e. The Labute approximate surface area is 99.9 Å². The van der Waals surface area contributed by atoms with E-state index in [1.54, 1.807) is 0 Å². The van der Waals surface area contributed by atoms with Gasteiger partial charge in [-0.3, -0.25) is 14.8 Å². The number of carbonyl (C=O) groups is 2. The van der Waals surface area contributed by atoms with Crippen molar-refractivity contribution in [1.29, 1.82) is 0 Å². The first-order valence-corrected chi connectivity index (χ1v) is 6.10. The van der Waals surface area contributed by atoms with Gasteiger partial charge in [-0.15, -0.1) is 0 Å². The lowest BCUT2D eigenvalue weighted by molar-refractivity contribution is -0.216. The van der Waals surface area contributed by atoms with E-state index in [0.717, 1.165) is 12.8 Å². The van der Waals surface area contributed by atoms with Crippen LogP contribution in [0, 0.1) is 0 Å². The van der Waals surface area contributed by atoms with Crippen molar-refractivity contribution in [3.63, 3.8) is 0 Å². The summed E-state index contributed by atoms with van der Waals surface area (Å²) in [6, 6.07) is -0.891. The van der Waals surface area contributed by atoms with Crippen molar-refractivity contribution >= 4 is 11.8 Å². The topological polar surface area (TPSA) is 78.9 Å². The summed E-state index contributed by atoms with van der Waals surface area (Å²) in [4.78, 5) is 23.5. The number of nitrogens with zero attached hydrogens (tertiary/aromatic N) is 1. The van der Waals surface area contributed by atoms with Crippen molar-refractivity contribution in [1.82, 2.24) is 10.4 Å². The van der Waals surface area contributed by atoms with Gasteiger partial charge in [0.2, 0.25) is 5.91 Å². The van der Waals surface area contributed by atoms with Gasteiger partial charge >= 0.3 is 0 Å². The highest BCUT2D eigenvalue weighted by Gasteiger charge is 2.49. The van der Waals surface area contributed by atoms with Gasteiger partial charge in [0.1, 0.15) is 6.10 Å². The van der Waals surface area contributed by atoms with E-state index in [-0.39, 0.29) is 12.0 Å². The van der Waals surface area contributed by atoms with Crippen LogP contribution in [-0.2, 0) is 14.3 Å². The number of unbranched alkanes of at least 4 members (excludes halogenated alkanes) is 1. The molecular formula is C11H18N2O4. The van der Waals surface area contributed by atoms with E-state index in [1.807, 2.05) is 6.92 Å². The summed E-state index contributed by atoms with van der Waals surface area (Å²) < 4.78 is 5.41. The maximum atomic E-state index is 11.9. The highest BCUT2D eigenvalue weighted by molar-refractivity contribution is 5.90. The minimum Gasteiger partial charge on any atom is -0.362 e. The Hall–Kier alpha value is -1.14. The third kappa shape index (κ3) is 2.28. The Balaban J connectivity index is 1.98. The lowest BCUT2D eigenvalue weighted by Gasteiger charge is -2.34. The van der Waals surface area contributed by atoms with E-state index in [2.05, 4.69) is 5.32 Å². The molecule has 0 aromatic rings. The highest BCUT2D eigenvalue weighted by atomic mass is 16.6. The zero-order chi connectivity index (χ0) is 12.4. The Morgan fingerprint density at radius 3 is 3.06 bits per heavy atom. The molecule has 2 aliphatic rings. The van der Waals surface area contributed by atoms with Crippen LogP contribution < -0.4 is 5.32 Å². The van der Waals surface area contributed by atoms with E-state index in [1.165, 1.54) is 0 Å². The molecule has 3 unspecified atom stereocenters. The Kier molecular flexibility index (Phi) is 3.63.